The third-order valence-electron chi connectivity index (χ3n) is 4.77. The summed E-state index contributed by atoms with van der Waals surface area (Å²) in [4.78, 5) is 0. The van der Waals surface area contributed by atoms with E-state index in [2.05, 4.69) is 6.92 Å². The van der Waals surface area contributed by atoms with Gasteiger partial charge in [0.15, 0.2) is 0 Å². The first-order valence-corrected chi connectivity index (χ1v) is 8.57. The monoisotopic (exact) mass is 303 g/mol. The first kappa shape index (κ1) is 16.8. The third-order valence-corrected chi connectivity index (χ3v) is 4.77. The average Bonchev–Trinajstić information content (AvgIpc) is 2.53. The molecular formula is C19H26FNO. The number of nitriles is 1. The molecule has 0 amide bonds. The van der Waals surface area contributed by atoms with Crippen LogP contribution in [0.25, 0.3) is 0 Å². The molecule has 2 nitrogen and oxygen atoms in total. The van der Waals surface area contributed by atoms with Crippen molar-refractivity contribution in [1.82, 2.24) is 0 Å². The Morgan fingerprint density at radius 1 is 1.23 bits per heavy atom. The predicted octanol–water partition coefficient (Wildman–Crippen LogP) is 5.46. The van der Waals surface area contributed by atoms with Gasteiger partial charge in [0.05, 0.1) is 12.2 Å². The molecule has 1 fully saturated rings. The quantitative estimate of drug-likeness (QED) is 0.626. The van der Waals surface area contributed by atoms with Crippen molar-refractivity contribution in [2.24, 2.45) is 11.8 Å². The summed E-state index contributed by atoms with van der Waals surface area (Å²) in [6.45, 7) is 2.90. The molecule has 1 aromatic rings. The molecule has 2 atom stereocenters. The van der Waals surface area contributed by atoms with Crippen LogP contribution in [-0.2, 0) is 0 Å². The Labute approximate surface area is 133 Å². The van der Waals surface area contributed by atoms with E-state index >= 15 is 0 Å². The van der Waals surface area contributed by atoms with Gasteiger partial charge in [-0.3, -0.25) is 0 Å². The third kappa shape index (κ3) is 4.73. The predicted molar refractivity (Wildman–Crippen MR) is 86.2 cm³/mol. The van der Waals surface area contributed by atoms with E-state index in [0.717, 1.165) is 18.3 Å². The highest BCUT2D eigenvalue weighted by Gasteiger charge is 2.23. The highest BCUT2D eigenvalue weighted by molar-refractivity contribution is 5.36. The standard InChI is InChI=1S/C19H26FNO/c1-2-6-15-7-3-4-8-16(15)9-5-12-22-18-11-10-17(14-21)19(20)13-18/h10-11,13,15-16H,2-9,12H2,1H3. The molecule has 1 aromatic carbocycles. The summed E-state index contributed by atoms with van der Waals surface area (Å²) >= 11 is 0. The van der Waals surface area contributed by atoms with E-state index in [1.54, 1.807) is 6.07 Å². The lowest BCUT2D eigenvalue weighted by Gasteiger charge is -2.31. The van der Waals surface area contributed by atoms with Crippen molar-refractivity contribution in [3.63, 3.8) is 0 Å². The Bertz CT molecular complexity index is 507. The minimum Gasteiger partial charge on any atom is -0.493 e. The van der Waals surface area contributed by atoms with Crippen LogP contribution in [0, 0.1) is 29.0 Å². The van der Waals surface area contributed by atoms with E-state index in [-0.39, 0.29) is 5.56 Å². The van der Waals surface area contributed by atoms with E-state index in [1.807, 2.05) is 6.07 Å². The normalized spacial score (nSPS) is 21.3. The minimum absolute atomic E-state index is 0.0666. The van der Waals surface area contributed by atoms with Crippen LogP contribution in [0.15, 0.2) is 18.2 Å². The fourth-order valence-electron chi connectivity index (χ4n) is 3.63. The molecule has 0 saturated heterocycles. The molecular weight excluding hydrogens is 277 g/mol. The van der Waals surface area contributed by atoms with Gasteiger partial charge in [-0.2, -0.15) is 5.26 Å². The van der Waals surface area contributed by atoms with Crippen LogP contribution in [0.5, 0.6) is 5.75 Å². The van der Waals surface area contributed by atoms with Gasteiger partial charge >= 0.3 is 0 Å². The van der Waals surface area contributed by atoms with Crippen molar-refractivity contribution in [3.8, 4) is 11.8 Å². The number of hydrogen-bond acceptors (Lipinski definition) is 2. The molecule has 1 saturated carbocycles. The zero-order valence-electron chi connectivity index (χ0n) is 13.5. The van der Waals surface area contributed by atoms with Crippen molar-refractivity contribution in [2.75, 3.05) is 6.61 Å². The first-order valence-electron chi connectivity index (χ1n) is 8.57. The van der Waals surface area contributed by atoms with Crippen LogP contribution in [0.4, 0.5) is 4.39 Å². The van der Waals surface area contributed by atoms with E-state index in [9.17, 15) is 4.39 Å². The van der Waals surface area contributed by atoms with Gasteiger partial charge in [0.1, 0.15) is 17.6 Å². The molecule has 120 valence electrons. The van der Waals surface area contributed by atoms with Crippen LogP contribution in [0.2, 0.25) is 0 Å². The summed E-state index contributed by atoms with van der Waals surface area (Å²) in [5.74, 6) is 1.75. The Morgan fingerprint density at radius 3 is 2.59 bits per heavy atom. The molecule has 0 spiro atoms. The minimum atomic E-state index is -0.504. The van der Waals surface area contributed by atoms with Crippen LogP contribution in [-0.4, -0.2) is 6.61 Å². The Hall–Kier alpha value is -1.56. The van der Waals surface area contributed by atoms with Gasteiger partial charge in [0.2, 0.25) is 0 Å². The van der Waals surface area contributed by atoms with Crippen LogP contribution < -0.4 is 4.74 Å². The molecule has 0 aliphatic heterocycles. The zero-order valence-corrected chi connectivity index (χ0v) is 13.5. The van der Waals surface area contributed by atoms with Crippen molar-refractivity contribution >= 4 is 0 Å². The molecule has 1 aliphatic rings. The van der Waals surface area contributed by atoms with Gasteiger partial charge in [0.25, 0.3) is 0 Å². The second-order valence-electron chi connectivity index (χ2n) is 6.34. The number of benzene rings is 1. The van der Waals surface area contributed by atoms with Gasteiger partial charge in [-0.15, -0.1) is 0 Å². The van der Waals surface area contributed by atoms with Crippen LogP contribution >= 0.6 is 0 Å². The number of hydrogen-bond donors (Lipinski definition) is 0. The van der Waals surface area contributed by atoms with Crippen molar-refractivity contribution in [1.29, 1.82) is 5.26 Å². The van der Waals surface area contributed by atoms with Gasteiger partial charge in [-0.1, -0.05) is 45.4 Å². The number of rotatable bonds is 7. The van der Waals surface area contributed by atoms with Crippen molar-refractivity contribution < 1.29 is 9.13 Å². The van der Waals surface area contributed by atoms with Gasteiger partial charge < -0.3 is 4.74 Å². The topological polar surface area (TPSA) is 33.0 Å². The first-order chi connectivity index (χ1) is 10.7. The molecule has 0 bridgehead atoms. The lowest BCUT2D eigenvalue weighted by molar-refractivity contribution is 0.193. The van der Waals surface area contributed by atoms with Gasteiger partial charge in [-0.25, -0.2) is 4.39 Å². The van der Waals surface area contributed by atoms with E-state index in [1.165, 1.54) is 57.1 Å². The lowest BCUT2D eigenvalue weighted by Crippen LogP contribution is -2.20. The fourth-order valence-corrected chi connectivity index (χ4v) is 3.63. The Balaban J connectivity index is 1.74. The average molecular weight is 303 g/mol. The summed E-state index contributed by atoms with van der Waals surface area (Å²) in [7, 11) is 0. The summed E-state index contributed by atoms with van der Waals surface area (Å²) < 4.78 is 19.1. The summed E-state index contributed by atoms with van der Waals surface area (Å²) in [6, 6.07) is 6.27. The molecule has 0 aromatic heterocycles. The second-order valence-corrected chi connectivity index (χ2v) is 6.34. The summed E-state index contributed by atoms with van der Waals surface area (Å²) in [6.07, 6.45) is 10.4. The van der Waals surface area contributed by atoms with Gasteiger partial charge in [-0.05, 0) is 36.8 Å². The summed E-state index contributed by atoms with van der Waals surface area (Å²) in [5.41, 5.74) is 0.0666. The van der Waals surface area contributed by atoms with E-state index in [0.29, 0.717) is 12.4 Å². The Morgan fingerprint density at radius 2 is 1.95 bits per heavy atom. The van der Waals surface area contributed by atoms with Crippen LogP contribution in [0.1, 0.15) is 63.9 Å². The Kier molecular flexibility index (Phi) is 6.71. The number of ether oxygens (including phenoxy) is 1. The maximum atomic E-state index is 13.5. The SMILES string of the molecule is CCCC1CCCCC1CCCOc1ccc(C#N)c(F)c1. The lowest BCUT2D eigenvalue weighted by atomic mass is 9.75. The molecule has 0 N–H and O–H groups in total. The van der Waals surface area contributed by atoms with Crippen molar-refractivity contribution in [2.45, 2.75) is 58.3 Å². The number of halogens is 1. The fraction of sp³-hybridized carbons (Fsp3) is 0.632. The molecule has 2 rings (SSSR count). The molecule has 0 radical (unpaired) electrons. The number of nitrogens with zero attached hydrogens (tertiary/aromatic N) is 1. The van der Waals surface area contributed by atoms with Crippen molar-refractivity contribution in [3.05, 3.63) is 29.6 Å². The largest absolute Gasteiger partial charge is 0.493 e. The van der Waals surface area contributed by atoms with E-state index in [4.69, 9.17) is 10.00 Å². The molecule has 3 heteroatoms. The molecule has 1 aliphatic carbocycles. The van der Waals surface area contributed by atoms with Gasteiger partial charge in [0, 0.05) is 6.07 Å². The smallest absolute Gasteiger partial charge is 0.144 e. The van der Waals surface area contributed by atoms with E-state index < -0.39 is 5.82 Å². The van der Waals surface area contributed by atoms with Crippen LogP contribution in [0.3, 0.4) is 0 Å². The second kappa shape index (κ2) is 8.78. The molecule has 2 unspecified atom stereocenters. The highest BCUT2D eigenvalue weighted by atomic mass is 19.1. The maximum Gasteiger partial charge on any atom is 0.144 e. The zero-order chi connectivity index (χ0) is 15.8. The summed E-state index contributed by atoms with van der Waals surface area (Å²) in [5, 5.41) is 8.71. The molecule has 0 heterocycles. The maximum absolute atomic E-state index is 13.5. The molecule has 22 heavy (non-hydrogen) atoms. The highest BCUT2D eigenvalue weighted by Crippen LogP contribution is 2.35.